The molecular formula is C13H16N4O2. The molecule has 0 atom stereocenters. The maximum absolute atomic E-state index is 11.9. The summed E-state index contributed by atoms with van der Waals surface area (Å²) in [5.41, 5.74) is 1.22. The summed E-state index contributed by atoms with van der Waals surface area (Å²) in [4.78, 5) is 11.9. The van der Waals surface area contributed by atoms with Crippen LogP contribution in [0.2, 0.25) is 0 Å². The van der Waals surface area contributed by atoms with Gasteiger partial charge < -0.3 is 15.0 Å². The van der Waals surface area contributed by atoms with Crippen molar-refractivity contribution >= 4 is 5.91 Å². The molecule has 0 saturated heterocycles. The first kappa shape index (κ1) is 13.1. The molecule has 0 aliphatic rings. The van der Waals surface area contributed by atoms with Crippen LogP contribution in [0, 0.1) is 6.92 Å². The molecule has 1 aromatic heterocycles. The second-order valence-corrected chi connectivity index (χ2v) is 4.38. The number of carbonyl (C=O) groups excluding carboxylic acids is 1. The van der Waals surface area contributed by atoms with Gasteiger partial charge in [-0.05, 0) is 19.1 Å². The predicted molar refractivity (Wildman–Crippen MR) is 69.9 cm³/mol. The zero-order valence-corrected chi connectivity index (χ0v) is 10.9. The van der Waals surface area contributed by atoms with Gasteiger partial charge in [0.25, 0.3) is 5.91 Å². The first-order chi connectivity index (χ1) is 9.08. The second kappa shape index (κ2) is 5.51. The first-order valence-electron chi connectivity index (χ1n) is 5.98. The second-order valence-electron chi connectivity index (χ2n) is 4.38. The van der Waals surface area contributed by atoms with Gasteiger partial charge in [0.15, 0.2) is 0 Å². The fraction of sp³-hybridized carbons (Fsp3) is 0.308. The zero-order valence-electron chi connectivity index (χ0n) is 10.9. The molecule has 2 aromatic rings. The van der Waals surface area contributed by atoms with Gasteiger partial charge in [-0.3, -0.25) is 4.79 Å². The average molecular weight is 260 g/mol. The third kappa shape index (κ3) is 3.09. The molecule has 6 heteroatoms. The number of aromatic hydroxyl groups is 1. The van der Waals surface area contributed by atoms with Gasteiger partial charge in [-0.2, -0.15) is 0 Å². The average Bonchev–Trinajstić information content (AvgIpc) is 2.78. The minimum atomic E-state index is -0.289. The molecular weight excluding hydrogens is 244 g/mol. The van der Waals surface area contributed by atoms with Gasteiger partial charge in [0.1, 0.15) is 17.9 Å². The predicted octanol–water partition coefficient (Wildman–Crippen LogP) is 0.802. The Bertz CT molecular complexity index is 592. The van der Waals surface area contributed by atoms with E-state index in [1.807, 2.05) is 14.0 Å². The highest BCUT2D eigenvalue weighted by Gasteiger charge is 2.11. The highest BCUT2D eigenvalue weighted by Crippen LogP contribution is 2.17. The number of carbonyl (C=O) groups is 1. The number of hydrogen-bond acceptors (Lipinski definition) is 4. The maximum Gasteiger partial charge on any atom is 0.255 e. The summed E-state index contributed by atoms with van der Waals surface area (Å²) in [6, 6.07) is 4.94. The number of aryl methyl sites for hydroxylation is 2. The van der Waals surface area contributed by atoms with Gasteiger partial charge in [-0.15, -0.1) is 10.2 Å². The molecule has 0 spiro atoms. The van der Waals surface area contributed by atoms with E-state index in [0.29, 0.717) is 13.0 Å². The number of nitrogens with zero attached hydrogens (tertiary/aromatic N) is 3. The molecule has 100 valence electrons. The Hall–Kier alpha value is -2.37. The van der Waals surface area contributed by atoms with Crippen molar-refractivity contribution in [1.29, 1.82) is 0 Å². The topological polar surface area (TPSA) is 80.0 Å². The van der Waals surface area contributed by atoms with Crippen molar-refractivity contribution in [3.8, 4) is 5.75 Å². The summed E-state index contributed by atoms with van der Waals surface area (Å²) in [6.45, 7) is 2.31. The minimum Gasteiger partial charge on any atom is -0.507 e. The summed E-state index contributed by atoms with van der Waals surface area (Å²) in [7, 11) is 1.85. The van der Waals surface area contributed by atoms with Crippen LogP contribution in [0.15, 0.2) is 24.5 Å². The molecule has 0 aliphatic heterocycles. The van der Waals surface area contributed by atoms with Crippen molar-refractivity contribution in [3.63, 3.8) is 0 Å². The summed E-state index contributed by atoms with van der Waals surface area (Å²) in [5, 5.41) is 20.1. The van der Waals surface area contributed by atoms with Crippen molar-refractivity contribution in [3.05, 3.63) is 41.5 Å². The van der Waals surface area contributed by atoms with E-state index in [1.54, 1.807) is 23.0 Å². The van der Waals surface area contributed by atoms with Crippen LogP contribution >= 0.6 is 0 Å². The molecule has 1 aromatic carbocycles. The van der Waals surface area contributed by atoms with Crippen LogP contribution in [0.4, 0.5) is 0 Å². The number of rotatable bonds is 4. The summed E-state index contributed by atoms with van der Waals surface area (Å²) < 4.78 is 1.80. The van der Waals surface area contributed by atoms with Crippen LogP contribution in [0.25, 0.3) is 0 Å². The van der Waals surface area contributed by atoms with E-state index in [2.05, 4.69) is 15.5 Å². The normalized spacial score (nSPS) is 10.4. The number of hydrogen-bond donors (Lipinski definition) is 2. The highest BCUT2D eigenvalue weighted by molar-refractivity contribution is 5.96. The van der Waals surface area contributed by atoms with E-state index < -0.39 is 0 Å². The lowest BCUT2D eigenvalue weighted by Gasteiger charge is -2.07. The molecule has 2 rings (SSSR count). The molecule has 0 aliphatic carbocycles. The van der Waals surface area contributed by atoms with E-state index in [4.69, 9.17) is 0 Å². The van der Waals surface area contributed by atoms with Crippen LogP contribution in [-0.4, -0.2) is 32.3 Å². The molecule has 1 heterocycles. The van der Waals surface area contributed by atoms with Gasteiger partial charge in [0.05, 0.1) is 5.56 Å². The summed E-state index contributed by atoms with van der Waals surface area (Å²) >= 11 is 0. The van der Waals surface area contributed by atoms with Gasteiger partial charge in [-0.25, -0.2) is 0 Å². The molecule has 0 radical (unpaired) electrons. The first-order valence-corrected chi connectivity index (χ1v) is 5.98. The molecule has 0 saturated carbocycles. The lowest BCUT2D eigenvalue weighted by atomic mass is 10.1. The van der Waals surface area contributed by atoms with Crippen LogP contribution in [0.3, 0.4) is 0 Å². The monoisotopic (exact) mass is 260 g/mol. The van der Waals surface area contributed by atoms with Crippen molar-refractivity contribution in [2.24, 2.45) is 7.05 Å². The quantitative estimate of drug-likeness (QED) is 0.852. The Morgan fingerprint density at radius 2 is 2.26 bits per heavy atom. The molecule has 6 nitrogen and oxygen atoms in total. The number of amides is 1. The maximum atomic E-state index is 11.9. The van der Waals surface area contributed by atoms with Crippen LogP contribution in [0.1, 0.15) is 21.7 Å². The van der Waals surface area contributed by atoms with Crippen molar-refractivity contribution in [1.82, 2.24) is 20.1 Å². The Kier molecular flexibility index (Phi) is 3.79. The zero-order chi connectivity index (χ0) is 13.8. The third-order valence-corrected chi connectivity index (χ3v) is 2.84. The number of aromatic nitrogens is 3. The van der Waals surface area contributed by atoms with Gasteiger partial charge in [0, 0.05) is 20.0 Å². The molecule has 0 fully saturated rings. The van der Waals surface area contributed by atoms with E-state index >= 15 is 0 Å². The lowest BCUT2D eigenvalue weighted by molar-refractivity contribution is 0.0951. The Morgan fingerprint density at radius 1 is 1.47 bits per heavy atom. The third-order valence-electron chi connectivity index (χ3n) is 2.84. The van der Waals surface area contributed by atoms with E-state index in [-0.39, 0.29) is 17.2 Å². The number of benzene rings is 1. The molecule has 19 heavy (non-hydrogen) atoms. The molecule has 2 N–H and O–H groups in total. The standard InChI is InChI=1S/C13H16N4O2/c1-9-3-4-11(18)10(7-9)13(19)14-6-5-12-16-15-8-17(12)2/h3-4,7-8,18H,5-6H2,1-2H3,(H,14,19). The lowest BCUT2D eigenvalue weighted by Crippen LogP contribution is -2.26. The van der Waals surface area contributed by atoms with Crippen LogP contribution < -0.4 is 5.32 Å². The largest absolute Gasteiger partial charge is 0.507 e. The Morgan fingerprint density at radius 3 is 2.95 bits per heavy atom. The van der Waals surface area contributed by atoms with Gasteiger partial charge in [0.2, 0.25) is 0 Å². The fourth-order valence-electron chi connectivity index (χ4n) is 1.75. The molecule has 0 unspecified atom stereocenters. The highest BCUT2D eigenvalue weighted by atomic mass is 16.3. The van der Waals surface area contributed by atoms with E-state index in [1.165, 1.54) is 6.07 Å². The SMILES string of the molecule is Cc1ccc(O)c(C(=O)NCCc2nncn2C)c1. The van der Waals surface area contributed by atoms with Crippen molar-refractivity contribution in [2.75, 3.05) is 6.54 Å². The summed E-state index contributed by atoms with van der Waals surface area (Å²) in [5.74, 6) is 0.499. The molecule has 0 bridgehead atoms. The number of phenols is 1. The Balaban J connectivity index is 1.94. The van der Waals surface area contributed by atoms with Gasteiger partial charge >= 0.3 is 0 Å². The van der Waals surface area contributed by atoms with Crippen molar-refractivity contribution in [2.45, 2.75) is 13.3 Å². The van der Waals surface area contributed by atoms with Gasteiger partial charge in [-0.1, -0.05) is 11.6 Å². The van der Waals surface area contributed by atoms with Crippen LogP contribution in [-0.2, 0) is 13.5 Å². The summed E-state index contributed by atoms with van der Waals surface area (Å²) in [6.07, 6.45) is 2.21. The smallest absolute Gasteiger partial charge is 0.255 e. The Labute approximate surface area is 111 Å². The van der Waals surface area contributed by atoms with Crippen LogP contribution in [0.5, 0.6) is 5.75 Å². The minimum absolute atomic E-state index is 0.0123. The number of phenolic OH excluding ortho intramolecular Hbond substituents is 1. The van der Waals surface area contributed by atoms with E-state index in [9.17, 15) is 9.90 Å². The van der Waals surface area contributed by atoms with E-state index in [0.717, 1.165) is 11.4 Å². The molecule has 1 amide bonds. The fourth-order valence-corrected chi connectivity index (χ4v) is 1.75. The van der Waals surface area contributed by atoms with Crippen molar-refractivity contribution < 1.29 is 9.90 Å². The number of nitrogens with one attached hydrogen (secondary N) is 1.